The molecule has 0 aliphatic carbocycles. The standard InChI is InChI=1S/C12H16N2O5S/c1-12(2,3)11(15)8-13-20(18,19)10-7-5-4-6-9(10)14(16)17/h4-7,13H,8H2,1-3H3. The maximum atomic E-state index is 12.0. The molecule has 0 aliphatic heterocycles. The van der Waals surface area contributed by atoms with Gasteiger partial charge < -0.3 is 0 Å². The van der Waals surface area contributed by atoms with Crippen LogP contribution in [0.3, 0.4) is 0 Å². The Morgan fingerprint density at radius 2 is 1.85 bits per heavy atom. The SMILES string of the molecule is CC(C)(C)C(=O)CNS(=O)(=O)c1ccccc1[N+](=O)[O-]. The highest BCUT2D eigenvalue weighted by atomic mass is 32.2. The van der Waals surface area contributed by atoms with Gasteiger partial charge in [0.05, 0.1) is 11.5 Å². The highest BCUT2D eigenvalue weighted by Gasteiger charge is 2.27. The summed E-state index contributed by atoms with van der Waals surface area (Å²) in [6, 6.07) is 4.98. The number of rotatable bonds is 5. The lowest BCUT2D eigenvalue weighted by atomic mass is 9.91. The molecule has 7 nitrogen and oxygen atoms in total. The van der Waals surface area contributed by atoms with Crippen molar-refractivity contribution in [3.8, 4) is 0 Å². The van der Waals surface area contributed by atoms with Crippen LogP contribution in [-0.4, -0.2) is 25.7 Å². The molecular formula is C12H16N2O5S. The van der Waals surface area contributed by atoms with Crippen molar-refractivity contribution in [3.05, 3.63) is 34.4 Å². The van der Waals surface area contributed by atoms with Crippen LogP contribution in [0, 0.1) is 15.5 Å². The number of nitro benzene ring substituents is 1. The summed E-state index contributed by atoms with van der Waals surface area (Å²) in [6.45, 7) is 4.58. The number of hydrogen-bond donors (Lipinski definition) is 1. The topological polar surface area (TPSA) is 106 Å². The van der Waals surface area contributed by atoms with Gasteiger partial charge in [-0.15, -0.1) is 0 Å². The van der Waals surface area contributed by atoms with Gasteiger partial charge in [0.15, 0.2) is 10.7 Å². The van der Waals surface area contributed by atoms with Crippen LogP contribution >= 0.6 is 0 Å². The smallest absolute Gasteiger partial charge is 0.289 e. The first kappa shape index (κ1) is 16.3. The molecule has 0 saturated carbocycles. The summed E-state index contributed by atoms with van der Waals surface area (Å²) in [5.41, 5.74) is -1.21. The van der Waals surface area contributed by atoms with E-state index in [1.165, 1.54) is 12.1 Å². The third kappa shape index (κ3) is 3.84. The Kier molecular flexibility index (Phi) is 4.61. The molecule has 1 aromatic rings. The molecule has 0 unspecified atom stereocenters. The zero-order valence-corrected chi connectivity index (χ0v) is 12.2. The lowest BCUT2D eigenvalue weighted by molar-refractivity contribution is -0.387. The van der Waals surface area contributed by atoms with Crippen LogP contribution in [0.25, 0.3) is 0 Å². The Hall–Kier alpha value is -1.80. The van der Waals surface area contributed by atoms with Crippen LogP contribution in [0.2, 0.25) is 0 Å². The van der Waals surface area contributed by atoms with Gasteiger partial charge in [-0.25, -0.2) is 13.1 Å². The van der Waals surface area contributed by atoms with Crippen molar-refractivity contribution in [1.82, 2.24) is 4.72 Å². The number of carbonyl (C=O) groups is 1. The van der Waals surface area contributed by atoms with Crippen LogP contribution in [0.4, 0.5) is 5.69 Å². The van der Waals surface area contributed by atoms with Crippen LogP contribution in [0.15, 0.2) is 29.2 Å². The molecule has 0 aromatic heterocycles. The largest absolute Gasteiger partial charge is 0.298 e. The van der Waals surface area contributed by atoms with E-state index in [2.05, 4.69) is 4.72 Å². The summed E-state index contributed by atoms with van der Waals surface area (Å²) in [5, 5.41) is 10.8. The zero-order valence-electron chi connectivity index (χ0n) is 11.4. The molecule has 110 valence electrons. The lowest BCUT2D eigenvalue weighted by Crippen LogP contribution is -2.35. The number of benzene rings is 1. The molecular weight excluding hydrogens is 284 g/mol. The summed E-state index contributed by atoms with van der Waals surface area (Å²) in [7, 11) is -4.10. The molecule has 0 atom stereocenters. The average molecular weight is 300 g/mol. The van der Waals surface area contributed by atoms with Crippen LogP contribution in [-0.2, 0) is 14.8 Å². The van der Waals surface area contributed by atoms with E-state index >= 15 is 0 Å². The van der Waals surface area contributed by atoms with E-state index in [0.29, 0.717) is 0 Å². The molecule has 0 saturated heterocycles. The number of sulfonamides is 1. The van der Waals surface area contributed by atoms with Crippen molar-refractivity contribution in [2.24, 2.45) is 5.41 Å². The summed E-state index contributed by atoms with van der Waals surface area (Å²) >= 11 is 0. The molecule has 0 amide bonds. The van der Waals surface area contributed by atoms with Crippen molar-refractivity contribution in [1.29, 1.82) is 0 Å². The van der Waals surface area contributed by atoms with Crippen molar-refractivity contribution < 1.29 is 18.1 Å². The molecule has 0 aliphatic rings. The van der Waals surface area contributed by atoms with Crippen LogP contribution < -0.4 is 4.72 Å². The van der Waals surface area contributed by atoms with Gasteiger partial charge in [0.1, 0.15) is 0 Å². The minimum Gasteiger partial charge on any atom is -0.298 e. The third-order valence-corrected chi connectivity index (χ3v) is 4.06. The van der Waals surface area contributed by atoms with Gasteiger partial charge in [0, 0.05) is 11.5 Å². The van der Waals surface area contributed by atoms with Gasteiger partial charge in [-0.1, -0.05) is 32.9 Å². The van der Waals surface area contributed by atoms with Gasteiger partial charge in [0.2, 0.25) is 10.0 Å². The number of para-hydroxylation sites is 1. The Morgan fingerprint density at radius 1 is 1.30 bits per heavy atom. The van der Waals surface area contributed by atoms with Gasteiger partial charge in [0.25, 0.3) is 5.69 Å². The molecule has 0 spiro atoms. The molecule has 0 heterocycles. The van der Waals surface area contributed by atoms with Gasteiger partial charge in [-0.3, -0.25) is 14.9 Å². The number of nitrogens with one attached hydrogen (secondary N) is 1. The quantitative estimate of drug-likeness (QED) is 0.655. The Bertz CT molecular complexity index is 631. The van der Waals surface area contributed by atoms with Crippen molar-refractivity contribution >= 4 is 21.5 Å². The minimum atomic E-state index is -4.10. The maximum Gasteiger partial charge on any atom is 0.289 e. The molecule has 0 bridgehead atoms. The number of ketones is 1. The first-order valence-electron chi connectivity index (χ1n) is 5.82. The predicted molar refractivity (Wildman–Crippen MR) is 72.7 cm³/mol. The van der Waals surface area contributed by atoms with E-state index in [9.17, 15) is 23.3 Å². The summed E-state index contributed by atoms with van der Waals surface area (Å²) in [5.74, 6) is -0.306. The van der Waals surface area contributed by atoms with Crippen LogP contribution in [0.1, 0.15) is 20.8 Å². The van der Waals surface area contributed by atoms with Crippen molar-refractivity contribution in [2.75, 3.05) is 6.54 Å². The van der Waals surface area contributed by atoms with Gasteiger partial charge in [-0.2, -0.15) is 0 Å². The molecule has 8 heteroatoms. The minimum absolute atomic E-state index is 0.306. The number of carbonyl (C=O) groups excluding carboxylic acids is 1. The maximum absolute atomic E-state index is 12.0. The number of nitro groups is 1. The highest BCUT2D eigenvalue weighted by molar-refractivity contribution is 7.89. The first-order valence-corrected chi connectivity index (χ1v) is 7.30. The summed E-state index contributed by atoms with van der Waals surface area (Å²) in [4.78, 5) is 21.3. The number of Topliss-reactive ketones (excluding diaryl/α,β-unsaturated/α-hetero) is 1. The molecule has 1 N–H and O–H groups in total. The van der Waals surface area contributed by atoms with E-state index in [1.807, 2.05) is 0 Å². The second-order valence-electron chi connectivity index (χ2n) is 5.22. The first-order chi connectivity index (χ1) is 9.05. The predicted octanol–water partition coefficient (Wildman–Crippen LogP) is 1.49. The monoisotopic (exact) mass is 300 g/mol. The van der Waals surface area contributed by atoms with E-state index in [1.54, 1.807) is 20.8 Å². The second kappa shape index (κ2) is 5.68. The Balaban J connectivity index is 3.02. The molecule has 1 aromatic carbocycles. The molecule has 1 rings (SSSR count). The second-order valence-corrected chi connectivity index (χ2v) is 6.96. The van der Waals surface area contributed by atoms with Crippen molar-refractivity contribution in [2.45, 2.75) is 25.7 Å². The van der Waals surface area contributed by atoms with Crippen molar-refractivity contribution in [3.63, 3.8) is 0 Å². The molecule has 20 heavy (non-hydrogen) atoms. The highest BCUT2D eigenvalue weighted by Crippen LogP contribution is 2.22. The normalized spacial score (nSPS) is 12.2. The third-order valence-electron chi connectivity index (χ3n) is 2.61. The lowest BCUT2D eigenvalue weighted by Gasteiger charge is -2.16. The van der Waals surface area contributed by atoms with E-state index in [-0.39, 0.29) is 5.78 Å². The summed E-state index contributed by atoms with van der Waals surface area (Å²) < 4.78 is 26.1. The number of hydrogen-bond acceptors (Lipinski definition) is 5. The van der Waals surface area contributed by atoms with E-state index in [0.717, 1.165) is 12.1 Å². The zero-order chi connectivity index (χ0) is 15.6. The molecule has 0 radical (unpaired) electrons. The summed E-state index contributed by atoms with van der Waals surface area (Å²) in [6.07, 6.45) is 0. The van der Waals surface area contributed by atoms with Gasteiger partial charge >= 0.3 is 0 Å². The van der Waals surface area contributed by atoms with Crippen LogP contribution in [0.5, 0.6) is 0 Å². The number of nitrogens with zero attached hydrogens (tertiary/aromatic N) is 1. The molecule has 0 fully saturated rings. The fourth-order valence-corrected chi connectivity index (χ4v) is 2.49. The van der Waals surface area contributed by atoms with Gasteiger partial charge in [-0.05, 0) is 6.07 Å². The Morgan fingerprint density at radius 3 is 2.35 bits per heavy atom. The van der Waals surface area contributed by atoms with E-state index < -0.39 is 37.5 Å². The van der Waals surface area contributed by atoms with E-state index in [4.69, 9.17) is 0 Å². The average Bonchev–Trinajstić information content (AvgIpc) is 2.34. The fraction of sp³-hybridized carbons (Fsp3) is 0.417. The fourth-order valence-electron chi connectivity index (χ4n) is 1.34. The Labute approximate surface area is 117 Å².